The normalized spacial score (nSPS) is 23.2. The number of para-hydroxylation sites is 1. The van der Waals surface area contributed by atoms with Gasteiger partial charge in [0.15, 0.2) is 18.0 Å². The summed E-state index contributed by atoms with van der Waals surface area (Å²) in [5, 5.41) is 21.6. The Morgan fingerprint density at radius 1 is 1.17 bits per heavy atom. The molecule has 0 spiro atoms. The lowest BCUT2D eigenvalue weighted by molar-refractivity contribution is -0.156. The predicted molar refractivity (Wildman–Crippen MR) is 149 cm³/mol. The number of carbonyl (C=O) groups is 1. The molecule has 222 valence electrons. The highest BCUT2D eigenvalue weighted by atomic mass is 35.5. The van der Waals surface area contributed by atoms with Crippen molar-refractivity contribution in [1.29, 1.82) is 0 Å². The lowest BCUT2D eigenvalue weighted by Gasteiger charge is -2.26. The summed E-state index contributed by atoms with van der Waals surface area (Å²) in [6, 6.07) is 17.0. The van der Waals surface area contributed by atoms with E-state index >= 15 is 0 Å². The Balaban J connectivity index is 1.53. The maximum atomic E-state index is 13.5. The van der Waals surface area contributed by atoms with E-state index in [-0.39, 0.29) is 12.4 Å². The Bertz CT molecular complexity index is 1520. The predicted octanol–water partition coefficient (Wildman–Crippen LogP) is 2.38. The van der Waals surface area contributed by atoms with Gasteiger partial charge >= 0.3 is 19.8 Å². The van der Waals surface area contributed by atoms with Crippen LogP contribution >= 0.6 is 19.8 Å². The van der Waals surface area contributed by atoms with E-state index in [9.17, 15) is 29.2 Å². The fraction of sp³-hybridized carbons (Fsp3) is 0.296. The van der Waals surface area contributed by atoms with Gasteiger partial charge < -0.3 is 24.5 Å². The molecule has 42 heavy (non-hydrogen) atoms. The van der Waals surface area contributed by atoms with Crippen LogP contribution < -0.4 is 16.1 Å². The fourth-order valence-electron chi connectivity index (χ4n) is 4.07. The number of nitrogens with zero attached hydrogens (tertiary/aromatic N) is 2. The number of rotatable bonds is 12. The van der Waals surface area contributed by atoms with Crippen molar-refractivity contribution >= 4 is 25.7 Å². The van der Waals surface area contributed by atoms with Gasteiger partial charge in [0.1, 0.15) is 35.9 Å². The van der Waals surface area contributed by atoms with Crippen molar-refractivity contribution in [3.05, 3.63) is 111 Å². The van der Waals surface area contributed by atoms with Gasteiger partial charge in [0.25, 0.3) is 5.56 Å². The first kappa shape index (κ1) is 31.3. The molecule has 13 nitrogen and oxygen atoms in total. The minimum absolute atomic E-state index is 0.0338. The number of aliphatic hydroxyl groups is 2. The van der Waals surface area contributed by atoms with Crippen LogP contribution in [0.1, 0.15) is 18.7 Å². The zero-order valence-corrected chi connectivity index (χ0v) is 23.8. The van der Waals surface area contributed by atoms with Crippen molar-refractivity contribution in [1.82, 2.24) is 14.4 Å². The van der Waals surface area contributed by atoms with Crippen LogP contribution in [0.3, 0.4) is 0 Å². The Hall–Kier alpha value is -3.68. The zero-order chi connectivity index (χ0) is 30.3. The van der Waals surface area contributed by atoms with Crippen LogP contribution in [0.4, 0.5) is 0 Å². The zero-order valence-electron chi connectivity index (χ0n) is 22.2. The van der Waals surface area contributed by atoms with Gasteiger partial charge in [-0.3, -0.25) is 19.1 Å². The SMILES string of the molecule is CC(C(=O)OCc1ccccc1)N(Oc1ccccc1)[P+](=O)OC[C@@]1(C=CCl)O[C@@H](n2ccc(=O)[nH]c2=O)[C@H](O)[C@@H]1O. The van der Waals surface area contributed by atoms with Crippen molar-refractivity contribution in [3.8, 4) is 5.75 Å². The number of hydrogen-bond acceptors (Lipinski definition) is 10. The minimum atomic E-state index is -2.98. The number of aromatic amines is 1. The number of hydrogen-bond donors (Lipinski definition) is 3. The molecule has 1 aromatic heterocycles. The summed E-state index contributed by atoms with van der Waals surface area (Å²) in [5.41, 5.74) is -1.74. The lowest BCUT2D eigenvalue weighted by Crippen LogP contribution is -2.45. The number of H-pyrrole nitrogens is 1. The molecule has 2 unspecified atom stereocenters. The van der Waals surface area contributed by atoms with Crippen LogP contribution in [0.5, 0.6) is 5.75 Å². The fourth-order valence-corrected chi connectivity index (χ4v) is 5.24. The Morgan fingerprint density at radius 2 is 1.83 bits per heavy atom. The van der Waals surface area contributed by atoms with Crippen LogP contribution in [-0.2, 0) is 30.0 Å². The molecule has 3 N–H and O–H groups in total. The van der Waals surface area contributed by atoms with Crippen molar-refractivity contribution in [2.45, 2.75) is 43.6 Å². The molecule has 6 atom stereocenters. The summed E-state index contributed by atoms with van der Waals surface area (Å²) in [4.78, 5) is 45.3. The number of nitrogens with one attached hydrogen (secondary N) is 1. The van der Waals surface area contributed by atoms with Gasteiger partial charge in [-0.05, 0) is 35.3 Å². The second-order valence-corrected chi connectivity index (χ2v) is 10.6. The van der Waals surface area contributed by atoms with E-state index in [2.05, 4.69) is 0 Å². The smallest absolute Gasteiger partial charge is 0.459 e. The number of carbonyl (C=O) groups excluding carboxylic acids is 1. The Morgan fingerprint density at radius 3 is 2.48 bits per heavy atom. The number of aliphatic hydroxyl groups excluding tert-OH is 2. The average Bonchev–Trinajstić information content (AvgIpc) is 3.23. The first-order valence-corrected chi connectivity index (χ1v) is 14.2. The van der Waals surface area contributed by atoms with Crippen molar-refractivity contribution in [2.24, 2.45) is 0 Å². The van der Waals surface area contributed by atoms with E-state index in [0.29, 0.717) is 0 Å². The second-order valence-electron chi connectivity index (χ2n) is 9.20. The number of halogens is 1. The number of ether oxygens (including phenoxy) is 2. The lowest BCUT2D eigenvalue weighted by atomic mass is 9.96. The number of esters is 1. The van der Waals surface area contributed by atoms with E-state index in [4.69, 9.17) is 30.4 Å². The number of benzene rings is 2. The first-order chi connectivity index (χ1) is 20.1. The molecule has 0 saturated carbocycles. The van der Waals surface area contributed by atoms with Gasteiger partial charge in [-0.1, -0.05) is 60.1 Å². The molecular weight excluding hydrogens is 593 g/mol. The third-order valence-electron chi connectivity index (χ3n) is 6.33. The maximum Gasteiger partial charge on any atom is 0.653 e. The standard InChI is InChI=1S/C27H27ClN3O10P/c1-18(25(35)38-16-19-8-4-2-5-9-19)31(41-20-10-6-3-7-11-20)42(37)39-17-27(13-14-28)23(34)22(33)24(40-27)30-15-12-21(32)29-26(30)36/h2-15,18,22-24,33-34H,16-17H2,1H3/p+1/t18?,22-,23+,24-,27-/m1/s1. The van der Waals surface area contributed by atoms with Crippen LogP contribution in [0, 0.1) is 0 Å². The van der Waals surface area contributed by atoms with Crippen molar-refractivity contribution in [3.63, 3.8) is 0 Å². The summed E-state index contributed by atoms with van der Waals surface area (Å²) < 4.78 is 31.1. The summed E-state index contributed by atoms with van der Waals surface area (Å²) in [7, 11) is -2.98. The quantitative estimate of drug-likeness (QED) is 0.154. The van der Waals surface area contributed by atoms with Crippen LogP contribution in [0.2, 0.25) is 0 Å². The molecule has 2 heterocycles. The van der Waals surface area contributed by atoms with Crippen LogP contribution in [0.25, 0.3) is 0 Å². The maximum absolute atomic E-state index is 13.5. The third-order valence-corrected chi connectivity index (χ3v) is 7.55. The van der Waals surface area contributed by atoms with Gasteiger partial charge in [-0.15, -0.1) is 4.52 Å². The summed E-state index contributed by atoms with van der Waals surface area (Å²) in [5.74, 6) is -0.519. The summed E-state index contributed by atoms with van der Waals surface area (Å²) in [6.07, 6.45) is -2.64. The van der Waals surface area contributed by atoms with E-state index < -0.39 is 62.1 Å². The molecule has 1 fully saturated rings. The van der Waals surface area contributed by atoms with Crippen molar-refractivity contribution < 1.29 is 38.4 Å². The minimum Gasteiger partial charge on any atom is -0.459 e. The van der Waals surface area contributed by atoms with Gasteiger partial charge in [0.2, 0.25) is 0 Å². The third kappa shape index (κ3) is 7.20. The van der Waals surface area contributed by atoms with Gasteiger partial charge in [0.05, 0.1) is 0 Å². The van der Waals surface area contributed by atoms with E-state index in [0.717, 1.165) is 38.8 Å². The summed E-state index contributed by atoms with van der Waals surface area (Å²) >= 11 is 5.80. The van der Waals surface area contributed by atoms with Gasteiger partial charge in [0, 0.05) is 17.8 Å². The molecule has 0 aliphatic carbocycles. The molecule has 2 aromatic carbocycles. The van der Waals surface area contributed by atoms with Crippen LogP contribution in [-0.4, -0.2) is 61.0 Å². The van der Waals surface area contributed by atoms with E-state index in [1.165, 1.54) is 6.92 Å². The highest BCUT2D eigenvalue weighted by Gasteiger charge is 2.56. The number of hydroxylamine groups is 1. The molecule has 15 heteroatoms. The largest absolute Gasteiger partial charge is 0.653 e. The molecule has 0 bridgehead atoms. The van der Waals surface area contributed by atoms with Crippen molar-refractivity contribution in [2.75, 3.05) is 6.61 Å². The highest BCUT2D eigenvalue weighted by Crippen LogP contribution is 2.41. The van der Waals surface area contributed by atoms with E-state index in [1.807, 2.05) is 11.1 Å². The van der Waals surface area contributed by atoms with Gasteiger partial charge in [-0.25, -0.2) is 4.79 Å². The molecule has 1 saturated heterocycles. The first-order valence-electron chi connectivity index (χ1n) is 12.6. The highest BCUT2D eigenvalue weighted by molar-refractivity contribution is 7.36. The molecular formula is C27H28ClN3O10P+. The topological polar surface area (TPSA) is 170 Å². The molecule has 1 aliphatic rings. The molecule has 3 aromatic rings. The molecule has 0 amide bonds. The Labute approximate surface area is 245 Å². The monoisotopic (exact) mass is 620 g/mol. The second kappa shape index (κ2) is 14.0. The summed E-state index contributed by atoms with van der Waals surface area (Å²) in [6.45, 7) is 0.706. The molecule has 4 rings (SSSR count). The van der Waals surface area contributed by atoms with E-state index in [1.54, 1.807) is 54.6 Å². The van der Waals surface area contributed by atoms with Gasteiger partial charge in [-0.2, -0.15) is 0 Å². The Kier molecular flexibility index (Phi) is 10.4. The molecule has 0 radical (unpaired) electrons. The number of aromatic nitrogens is 2. The average molecular weight is 621 g/mol. The van der Waals surface area contributed by atoms with Crippen LogP contribution in [0.15, 0.2) is 94.1 Å². The molecule has 1 aliphatic heterocycles.